The summed E-state index contributed by atoms with van der Waals surface area (Å²) < 4.78 is 0. The largest absolute Gasteiger partial charge is 0.481 e. The summed E-state index contributed by atoms with van der Waals surface area (Å²) in [4.78, 5) is 24.4. The molecule has 1 fully saturated rings. The van der Waals surface area contributed by atoms with Gasteiger partial charge in [-0.1, -0.05) is 13.8 Å². The highest BCUT2D eigenvalue weighted by molar-refractivity contribution is 5.82. The van der Waals surface area contributed by atoms with Crippen molar-refractivity contribution in [2.45, 2.75) is 39.2 Å². The fourth-order valence-corrected chi connectivity index (χ4v) is 2.17. The number of carboxylic acid groups (broad SMARTS) is 1. The van der Waals surface area contributed by atoms with E-state index in [-0.39, 0.29) is 24.2 Å². The Morgan fingerprint density at radius 3 is 2.65 bits per heavy atom. The lowest BCUT2D eigenvalue weighted by atomic mass is 9.93. The molecule has 5 heteroatoms. The number of carbonyl (C=O) groups excluding carboxylic acids is 1. The number of nitrogens with two attached hydrogens (primary N) is 1. The molecule has 1 unspecified atom stereocenters. The predicted octanol–water partition coefficient (Wildman–Crippen LogP) is 0.683. The van der Waals surface area contributed by atoms with Gasteiger partial charge in [0.1, 0.15) is 0 Å². The Bertz CT molecular complexity index is 291. The molecule has 0 aromatic rings. The highest BCUT2D eigenvalue weighted by atomic mass is 16.4. The van der Waals surface area contributed by atoms with Gasteiger partial charge in [-0.05, 0) is 24.7 Å². The third-order valence-corrected chi connectivity index (χ3v) is 3.30. The van der Waals surface area contributed by atoms with Gasteiger partial charge in [-0.3, -0.25) is 9.59 Å². The second kappa shape index (κ2) is 6.00. The minimum absolute atomic E-state index is 0.0462. The van der Waals surface area contributed by atoms with E-state index in [0.29, 0.717) is 13.1 Å². The summed E-state index contributed by atoms with van der Waals surface area (Å²) in [5.74, 6) is -0.653. The highest BCUT2D eigenvalue weighted by Gasteiger charge is 2.29. The number of hydrogen-bond acceptors (Lipinski definition) is 3. The van der Waals surface area contributed by atoms with Crippen LogP contribution in [0.5, 0.6) is 0 Å². The van der Waals surface area contributed by atoms with Gasteiger partial charge in [0.2, 0.25) is 5.91 Å². The SMILES string of the molecule is CC(C)[C@H](N)C(=O)N1CCCC(CC(=O)O)C1. The molecule has 1 rings (SSSR count). The van der Waals surface area contributed by atoms with Crippen LogP contribution in [0, 0.1) is 11.8 Å². The molecule has 1 aliphatic heterocycles. The highest BCUT2D eigenvalue weighted by Crippen LogP contribution is 2.20. The topological polar surface area (TPSA) is 83.6 Å². The predicted molar refractivity (Wildman–Crippen MR) is 64.4 cm³/mol. The van der Waals surface area contributed by atoms with E-state index < -0.39 is 12.0 Å². The fraction of sp³-hybridized carbons (Fsp3) is 0.833. The van der Waals surface area contributed by atoms with Gasteiger partial charge in [0.25, 0.3) is 0 Å². The molecule has 1 aliphatic rings. The molecule has 0 aromatic carbocycles. The van der Waals surface area contributed by atoms with Crippen LogP contribution in [0.25, 0.3) is 0 Å². The summed E-state index contributed by atoms with van der Waals surface area (Å²) in [6, 6.07) is -0.474. The van der Waals surface area contributed by atoms with Gasteiger partial charge in [0.05, 0.1) is 6.04 Å². The molecule has 0 radical (unpaired) electrons. The van der Waals surface area contributed by atoms with Crippen molar-refractivity contribution in [1.82, 2.24) is 4.90 Å². The zero-order valence-corrected chi connectivity index (χ0v) is 10.6. The van der Waals surface area contributed by atoms with Crippen LogP contribution in [-0.2, 0) is 9.59 Å². The third-order valence-electron chi connectivity index (χ3n) is 3.30. The van der Waals surface area contributed by atoms with Gasteiger partial charge in [-0.25, -0.2) is 0 Å². The second-order valence-electron chi connectivity index (χ2n) is 5.16. The van der Waals surface area contributed by atoms with Crippen LogP contribution in [0.1, 0.15) is 33.1 Å². The first-order valence-corrected chi connectivity index (χ1v) is 6.18. The smallest absolute Gasteiger partial charge is 0.303 e. The first-order valence-electron chi connectivity index (χ1n) is 6.18. The molecule has 1 amide bonds. The molecule has 17 heavy (non-hydrogen) atoms. The normalized spacial score (nSPS) is 22.6. The molecule has 0 saturated carbocycles. The number of piperidine rings is 1. The monoisotopic (exact) mass is 242 g/mol. The summed E-state index contributed by atoms with van der Waals surface area (Å²) >= 11 is 0. The van der Waals surface area contributed by atoms with Crippen molar-refractivity contribution in [3.8, 4) is 0 Å². The Hall–Kier alpha value is -1.10. The molecule has 98 valence electrons. The summed E-state index contributed by atoms with van der Waals surface area (Å²) in [5.41, 5.74) is 5.83. The number of rotatable bonds is 4. The maximum atomic E-state index is 12.0. The summed E-state index contributed by atoms with van der Waals surface area (Å²) in [6.45, 7) is 5.07. The molecule has 1 heterocycles. The molecule has 1 saturated heterocycles. The van der Waals surface area contributed by atoms with Gasteiger partial charge in [0, 0.05) is 19.5 Å². The first-order chi connectivity index (χ1) is 7.91. The number of hydrogen-bond donors (Lipinski definition) is 2. The van der Waals surface area contributed by atoms with Crippen LogP contribution in [-0.4, -0.2) is 41.0 Å². The van der Waals surface area contributed by atoms with E-state index in [0.717, 1.165) is 12.8 Å². The number of aliphatic carboxylic acids is 1. The Morgan fingerprint density at radius 2 is 2.12 bits per heavy atom. The average Bonchev–Trinajstić information content (AvgIpc) is 2.26. The molecule has 0 spiro atoms. The van der Waals surface area contributed by atoms with Crippen molar-refractivity contribution in [1.29, 1.82) is 0 Å². The van der Waals surface area contributed by atoms with E-state index in [9.17, 15) is 9.59 Å². The Labute approximate surface area is 102 Å². The van der Waals surface area contributed by atoms with Gasteiger partial charge >= 0.3 is 5.97 Å². The second-order valence-corrected chi connectivity index (χ2v) is 5.16. The maximum Gasteiger partial charge on any atom is 0.303 e. The Kier molecular flexibility index (Phi) is 4.93. The lowest BCUT2D eigenvalue weighted by molar-refractivity contribution is -0.141. The third kappa shape index (κ3) is 4.00. The molecular formula is C12H22N2O3. The van der Waals surface area contributed by atoms with Crippen molar-refractivity contribution in [2.75, 3.05) is 13.1 Å². The molecule has 0 aromatic heterocycles. The molecule has 0 aliphatic carbocycles. The van der Waals surface area contributed by atoms with Crippen LogP contribution in [0.4, 0.5) is 0 Å². The van der Waals surface area contributed by atoms with Crippen molar-refractivity contribution >= 4 is 11.9 Å². The molecule has 2 atom stereocenters. The van der Waals surface area contributed by atoms with Crippen LogP contribution in [0.3, 0.4) is 0 Å². The van der Waals surface area contributed by atoms with Crippen LogP contribution >= 0.6 is 0 Å². The molecular weight excluding hydrogens is 220 g/mol. The standard InChI is InChI=1S/C12H22N2O3/c1-8(2)11(13)12(17)14-5-3-4-9(7-14)6-10(15)16/h8-9,11H,3-7,13H2,1-2H3,(H,15,16)/t9?,11-/m0/s1. The fourth-order valence-electron chi connectivity index (χ4n) is 2.17. The number of carboxylic acids is 1. The molecule has 0 bridgehead atoms. The summed E-state index contributed by atoms with van der Waals surface area (Å²) in [5, 5.41) is 8.76. The van der Waals surface area contributed by atoms with Crippen molar-refractivity contribution in [3.63, 3.8) is 0 Å². The number of carbonyl (C=O) groups is 2. The first kappa shape index (κ1) is 14.0. The van der Waals surface area contributed by atoms with E-state index in [2.05, 4.69) is 0 Å². The zero-order valence-electron chi connectivity index (χ0n) is 10.6. The molecule has 3 N–H and O–H groups in total. The lowest BCUT2D eigenvalue weighted by Crippen LogP contribution is -2.50. The van der Waals surface area contributed by atoms with E-state index in [1.807, 2.05) is 13.8 Å². The lowest BCUT2D eigenvalue weighted by Gasteiger charge is -2.34. The van der Waals surface area contributed by atoms with E-state index in [1.165, 1.54) is 0 Å². The number of likely N-dealkylation sites (tertiary alicyclic amines) is 1. The summed E-state index contributed by atoms with van der Waals surface area (Å²) in [7, 11) is 0. The Balaban J connectivity index is 2.54. The van der Waals surface area contributed by atoms with E-state index >= 15 is 0 Å². The van der Waals surface area contributed by atoms with Gasteiger partial charge in [-0.2, -0.15) is 0 Å². The van der Waals surface area contributed by atoms with Gasteiger partial charge < -0.3 is 15.7 Å². The van der Waals surface area contributed by atoms with E-state index in [1.54, 1.807) is 4.90 Å². The van der Waals surface area contributed by atoms with E-state index in [4.69, 9.17) is 10.8 Å². The minimum Gasteiger partial charge on any atom is -0.481 e. The maximum absolute atomic E-state index is 12.0. The average molecular weight is 242 g/mol. The Morgan fingerprint density at radius 1 is 1.47 bits per heavy atom. The van der Waals surface area contributed by atoms with Crippen LogP contribution in [0.15, 0.2) is 0 Å². The van der Waals surface area contributed by atoms with Crippen molar-refractivity contribution in [3.05, 3.63) is 0 Å². The van der Waals surface area contributed by atoms with Crippen LogP contribution < -0.4 is 5.73 Å². The summed E-state index contributed by atoms with van der Waals surface area (Å²) in [6.07, 6.45) is 1.89. The van der Waals surface area contributed by atoms with Gasteiger partial charge in [0.15, 0.2) is 0 Å². The minimum atomic E-state index is -0.794. The number of amides is 1. The van der Waals surface area contributed by atoms with Crippen molar-refractivity contribution in [2.24, 2.45) is 17.6 Å². The van der Waals surface area contributed by atoms with Crippen molar-refractivity contribution < 1.29 is 14.7 Å². The zero-order chi connectivity index (χ0) is 13.0. The van der Waals surface area contributed by atoms with Crippen LogP contribution in [0.2, 0.25) is 0 Å². The molecule has 5 nitrogen and oxygen atoms in total. The number of nitrogens with zero attached hydrogens (tertiary/aromatic N) is 1. The quantitative estimate of drug-likeness (QED) is 0.759. The van der Waals surface area contributed by atoms with Gasteiger partial charge in [-0.15, -0.1) is 0 Å².